The van der Waals surface area contributed by atoms with Gasteiger partial charge in [-0.1, -0.05) is 0 Å². The molecule has 4 heteroatoms. The highest BCUT2D eigenvalue weighted by Gasteiger charge is 2.03. The van der Waals surface area contributed by atoms with Crippen molar-refractivity contribution in [3.05, 3.63) is 20.8 Å². The lowest BCUT2D eigenvalue weighted by Crippen LogP contribution is -1.53. The van der Waals surface area contributed by atoms with Crippen LogP contribution in [-0.2, 0) is 0 Å². The molecule has 0 aliphatic carbocycles. The molecule has 0 fully saturated rings. The molecule has 0 spiro atoms. The van der Waals surface area contributed by atoms with Crippen LogP contribution in [0.15, 0.2) is 15.9 Å². The minimum Gasteiger partial charge on any atom is -0.192 e. The molecule has 2 rings (SSSR count). The van der Waals surface area contributed by atoms with Gasteiger partial charge >= 0.3 is 0 Å². The van der Waals surface area contributed by atoms with Crippen LogP contribution < -0.4 is 0 Å². The molecule has 0 amide bonds. The molecular formula is C7H2BrNS2. The van der Waals surface area contributed by atoms with Gasteiger partial charge in [-0.25, -0.2) is 0 Å². The summed E-state index contributed by atoms with van der Waals surface area (Å²) in [5.74, 6) is 0. The summed E-state index contributed by atoms with van der Waals surface area (Å²) in [5.41, 5.74) is 0. The smallest absolute Gasteiger partial charge is 0.110 e. The van der Waals surface area contributed by atoms with Crippen molar-refractivity contribution in [3.63, 3.8) is 0 Å². The van der Waals surface area contributed by atoms with Gasteiger partial charge in [-0.2, -0.15) is 5.26 Å². The topological polar surface area (TPSA) is 23.8 Å². The average Bonchev–Trinajstić information content (AvgIpc) is 2.43. The van der Waals surface area contributed by atoms with Crippen molar-refractivity contribution in [1.29, 1.82) is 5.26 Å². The van der Waals surface area contributed by atoms with Crippen molar-refractivity contribution in [3.8, 4) is 6.07 Å². The van der Waals surface area contributed by atoms with Gasteiger partial charge in [-0.3, -0.25) is 0 Å². The average molecular weight is 244 g/mol. The Balaban J connectivity index is 2.76. The van der Waals surface area contributed by atoms with Gasteiger partial charge in [0, 0.05) is 5.39 Å². The number of halogens is 1. The van der Waals surface area contributed by atoms with Gasteiger partial charge in [-0.05, 0) is 28.1 Å². The Bertz CT molecular complexity index is 403. The summed E-state index contributed by atoms with van der Waals surface area (Å²) in [5, 5.41) is 9.75. The Kier molecular flexibility index (Phi) is 1.72. The summed E-state index contributed by atoms with van der Waals surface area (Å²) in [7, 11) is 0. The largest absolute Gasteiger partial charge is 0.192 e. The minimum atomic E-state index is 0.791. The van der Waals surface area contributed by atoms with Crippen LogP contribution in [0, 0.1) is 11.3 Å². The van der Waals surface area contributed by atoms with E-state index in [0.29, 0.717) is 0 Å². The van der Waals surface area contributed by atoms with Crippen LogP contribution in [0.4, 0.5) is 0 Å². The molecule has 0 N–H and O–H groups in total. The fourth-order valence-electron chi connectivity index (χ4n) is 0.864. The van der Waals surface area contributed by atoms with Crippen molar-refractivity contribution >= 4 is 48.0 Å². The van der Waals surface area contributed by atoms with Crippen LogP contribution in [0.2, 0.25) is 0 Å². The van der Waals surface area contributed by atoms with Crippen molar-refractivity contribution in [2.24, 2.45) is 0 Å². The zero-order valence-corrected chi connectivity index (χ0v) is 8.52. The fourth-order valence-corrected chi connectivity index (χ4v) is 3.89. The van der Waals surface area contributed by atoms with Gasteiger partial charge in [0.1, 0.15) is 10.9 Å². The normalized spacial score (nSPS) is 10.2. The third-order valence-corrected chi connectivity index (χ3v) is 4.09. The highest BCUT2D eigenvalue weighted by atomic mass is 79.9. The van der Waals surface area contributed by atoms with Gasteiger partial charge in [0.15, 0.2) is 0 Å². The van der Waals surface area contributed by atoms with E-state index in [4.69, 9.17) is 5.26 Å². The summed E-state index contributed by atoms with van der Waals surface area (Å²) >= 11 is 6.61. The summed E-state index contributed by atoms with van der Waals surface area (Å²) in [4.78, 5) is 0.791. The van der Waals surface area contributed by atoms with E-state index >= 15 is 0 Å². The standard InChI is InChI=1S/C7H2BrNS2/c8-6-2-4-1-5(3-9)10-7(4)11-6/h1-2H. The first-order valence-electron chi connectivity index (χ1n) is 2.88. The molecule has 2 heterocycles. The maximum atomic E-state index is 8.58. The maximum Gasteiger partial charge on any atom is 0.110 e. The second-order valence-electron chi connectivity index (χ2n) is 2.02. The molecule has 11 heavy (non-hydrogen) atoms. The second-order valence-corrected chi connectivity index (χ2v) is 5.76. The predicted octanol–water partition coefficient (Wildman–Crippen LogP) is 3.60. The number of nitrogens with zero attached hydrogens (tertiary/aromatic N) is 1. The van der Waals surface area contributed by atoms with Gasteiger partial charge in [0.2, 0.25) is 0 Å². The zero-order valence-electron chi connectivity index (χ0n) is 5.30. The molecule has 0 saturated carbocycles. The third kappa shape index (κ3) is 1.20. The molecule has 0 unspecified atom stereocenters. The summed E-state index contributed by atoms with van der Waals surface area (Å²) in [6.07, 6.45) is 0. The van der Waals surface area contributed by atoms with E-state index in [1.54, 1.807) is 22.7 Å². The molecule has 1 nitrogen and oxygen atoms in total. The molecule has 0 aliphatic rings. The molecular weight excluding hydrogens is 242 g/mol. The summed E-state index contributed by atoms with van der Waals surface area (Å²) < 4.78 is 2.34. The van der Waals surface area contributed by atoms with Crippen molar-refractivity contribution in [2.75, 3.05) is 0 Å². The van der Waals surface area contributed by atoms with Crippen LogP contribution in [0.25, 0.3) is 9.40 Å². The number of rotatable bonds is 0. The third-order valence-electron chi connectivity index (χ3n) is 1.29. The Morgan fingerprint density at radius 2 is 2.18 bits per heavy atom. The van der Waals surface area contributed by atoms with Crippen LogP contribution in [0.1, 0.15) is 4.88 Å². The van der Waals surface area contributed by atoms with E-state index in [-0.39, 0.29) is 0 Å². The molecule has 2 aromatic rings. The minimum absolute atomic E-state index is 0.791. The molecule has 2 aromatic heterocycles. The number of thiophene rings is 2. The molecule has 0 radical (unpaired) electrons. The van der Waals surface area contributed by atoms with Crippen molar-refractivity contribution in [2.45, 2.75) is 0 Å². The van der Waals surface area contributed by atoms with E-state index < -0.39 is 0 Å². The number of hydrogen-bond acceptors (Lipinski definition) is 3. The lowest BCUT2D eigenvalue weighted by molar-refractivity contribution is 1.52. The van der Waals surface area contributed by atoms with Gasteiger partial charge in [0.05, 0.1) is 7.80 Å². The van der Waals surface area contributed by atoms with Crippen LogP contribution >= 0.6 is 38.6 Å². The van der Waals surface area contributed by atoms with E-state index in [9.17, 15) is 0 Å². The maximum absolute atomic E-state index is 8.58. The van der Waals surface area contributed by atoms with E-state index in [2.05, 4.69) is 22.0 Å². The molecule has 0 aromatic carbocycles. The van der Waals surface area contributed by atoms with Crippen LogP contribution in [0.5, 0.6) is 0 Å². The number of nitriles is 1. The lowest BCUT2D eigenvalue weighted by atomic mass is 10.4. The first-order chi connectivity index (χ1) is 5.29. The van der Waals surface area contributed by atoms with Crippen LogP contribution in [-0.4, -0.2) is 0 Å². The van der Waals surface area contributed by atoms with E-state index in [0.717, 1.165) is 8.66 Å². The second kappa shape index (κ2) is 2.59. The number of hydrogen-bond donors (Lipinski definition) is 0. The Labute approximate surface area is 80.0 Å². The first-order valence-corrected chi connectivity index (χ1v) is 5.31. The molecule has 0 bridgehead atoms. The van der Waals surface area contributed by atoms with Gasteiger partial charge < -0.3 is 0 Å². The monoisotopic (exact) mass is 243 g/mol. The zero-order chi connectivity index (χ0) is 7.84. The fraction of sp³-hybridized carbons (Fsp3) is 0. The molecule has 54 valence electrons. The van der Waals surface area contributed by atoms with Crippen LogP contribution in [0.3, 0.4) is 0 Å². The van der Waals surface area contributed by atoms with Crippen molar-refractivity contribution < 1.29 is 0 Å². The molecule has 0 aliphatic heterocycles. The summed E-state index contributed by atoms with van der Waals surface area (Å²) in [6, 6.07) is 6.09. The highest BCUT2D eigenvalue weighted by Crippen LogP contribution is 2.35. The molecule has 0 saturated heterocycles. The van der Waals surface area contributed by atoms with E-state index in [1.165, 1.54) is 9.40 Å². The highest BCUT2D eigenvalue weighted by molar-refractivity contribution is 9.11. The van der Waals surface area contributed by atoms with E-state index in [1.807, 2.05) is 12.1 Å². The predicted molar refractivity (Wildman–Crippen MR) is 52.1 cm³/mol. The van der Waals surface area contributed by atoms with Crippen molar-refractivity contribution in [1.82, 2.24) is 0 Å². The SMILES string of the molecule is N#Cc1cc2cc(Br)sc2s1. The Hall–Kier alpha value is -0.370. The Morgan fingerprint density at radius 1 is 1.36 bits per heavy atom. The van der Waals surface area contributed by atoms with Gasteiger partial charge in [-0.15, -0.1) is 22.7 Å². The first kappa shape index (κ1) is 7.29. The quantitative estimate of drug-likeness (QED) is 0.694. The molecule has 0 atom stereocenters. The van der Waals surface area contributed by atoms with Gasteiger partial charge in [0.25, 0.3) is 0 Å². The Morgan fingerprint density at radius 3 is 2.82 bits per heavy atom. The lowest BCUT2D eigenvalue weighted by Gasteiger charge is -1.71. The summed E-state index contributed by atoms with van der Waals surface area (Å²) in [6.45, 7) is 0. The number of fused-ring (bicyclic) bond motifs is 1.